The Morgan fingerprint density at radius 1 is 1.19 bits per heavy atom. The summed E-state index contributed by atoms with van der Waals surface area (Å²) in [5, 5.41) is 0.398. The maximum absolute atomic E-state index is 13.1. The van der Waals surface area contributed by atoms with Crippen LogP contribution < -0.4 is 14.2 Å². The minimum Gasteiger partial charge on any atom is -0.497 e. The Kier molecular flexibility index (Phi) is 6.08. The lowest BCUT2D eigenvalue weighted by Crippen LogP contribution is -2.44. The average molecular weight is 413 g/mol. The Balaban J connectivity index is 1.82. The molecule has 0 saturated carbocycles. The number of methoxy groups -OCH3 is 2. The molecule has 27 heavy (non-hydrogen) atoms. The van der Waals surface area contributed by atoms with Gasteiger partial charge in [0.1, 0.15) is 33.3 Å². The third-order valence-electron chi connectivity index (χ3n) is 4.36. The number of piperidine rings is 1. The lowest BCUT2D eigenvalue weighted by Gasteiger charge is -2.32. The van der Waals surface area contributed by atoms with Crippen molar-refractivity contribution < 1.29 is 22.6 Å². The van der Waals surface area contributed by atoms with Crippen LogP contribution >= 0.6 is 11.6 Å². The molecule has 0 amide bonds. The molecule has 1 fully saturated rings. The number of pyridine rings is 1. The summed E-state index contributed by atoms with van der Waals surface area (Å²) in [6, 6.07) is 6.32. The zero-order valence-corrected chi connectivity index (χ0v) is 16.7. The fraction of sp³-hybridized carbons (Fsp3) is 0.389. The number of hydrogen-bond acceptors (Lipinski definition) is 6. The number of benzene rings is 1. The third kappa shape index (κ3) is 4.28. The van der Waals surface area contributed by atoms with Crippen LogP contribution in [0.15, 0.2) is 41.6 Å². The second kappa shape index (κ2) is 8.33. The molecule has 1 aliphatic heterocycles. The number of aromatic nitrogens is 1. The van der Waals surface area contributed by atoms with Gasteiger partial charge >= 0.3 is 0 Å². The van der Waals surface area contributed by atoms with Crippen LogP contribution in [0.2, 0.25) is 5.02 Å². The van der Waals surface area contributed by atoms with Crippen LogP contribution in [0.4, 0.5) is 0 Å². The van der Waals surface area contributed by atoms with Gasteiger partial charge in [-0.15, -0.1) is 0 Å². The molecular formula is C18H21ClN2O5S. The molecule has 0 bridgehead atoms. The highest BCUT2D eigenvalue weighted by atomic mass is 35.5. The molecule has 146 valence electrons. The number of halogens is 1. The summed E-state index contributed by atoms with van der Waals surface area (Å²) in [5.74, 6) is 1.27. The molecule has 7 nitrogen and oxygen atoms in total. The van der Waals surface area contributed by atoms with Crippen LogP contribution in [0.3, 0.4) is 0 Å². The van der Waals surface area contributed by atoms with E-state index in [4.69, 9.17) is 25.8 Å². The SMILES string of the molecule is COc1ccc(S(=O)(=O)N2CCCC(Oc3ccncc3Cl)C2)c(OC)c1. The molecular weight excluding hydrogens is 392 g/mol. The molecule has 0 aliphatic carbocycles. The van der Waals surface area contributed by atoms with Gasteiger partial charge in [-0.25, -0.2) is 8.42 Å². The average Bonchev–Trinajstić information content (AvgIpc) is 2.69. The fourth-order valence-corrected chi connectivity index (χ4v) is 4.79. The molecule has 1 unspecified atom stereocenters. The first-order valence-electron chi connectivity index (χ1n) is 8.44. The number of nitrogens with zero attached hydrogens (tertiary/aromatic N) is 2. The summed E-state index contributed by atoms with van der Waals surface area (Å²) in [7, 11) is -0.792. The monoisotopic (exact) mass is 412 g/mol. The highest BCUT2D eigenvalue weighted by molar-refractivity contribution is 7.89. The first-order valence-corrected chi connectivity index (χ1v) is 10.3. The van der Waals surface area contributed by atoms with E-state index in [1.165, 1.54) is 30.8 Å². The van der Waals surface area contributed by atoms with Crippen molar-refractivity contribution in [3.63, 3.8) is 0 Å². The van der Waals surface area contributed by atoms with Crippen LogP contribution in [0.1, 0.15) is 12.8 Å². The summed E-state index contributed by atoms with van der Waals surface area (Å²) >= 11 is 6.09. The van der Waals surface area contributed by atoms with Gasteiger partial charge in [-0.3, -0.25) is 4.98 Å². The highest BCUT2D eigenvalue weighted by Gasteiger charge is 2.33. The quantitative estimate of drug-likeness (QED) is 0.725. The molecule has 1 aromatic carbocycles. The van der Waals surface area contributed by atoms with Gasteiger partial charge < -0.3 is 14.2 Å². The predicted octanol–water partition coefficient (Wildman–Crippen LogP) is 2.98. The van der Waals surface area contributed by atoms with E-state index in [9.17, 15) is 8.42 Å². The van der Waals surface area contributed by atoms with Crippen LogP contribution in [-0.2, 0) is 10.0 Å². The van der Waals surface area contributed by atoms with Crippen molar-refractivity contribution in [1.29, 1.82) is 0 Å². The Bertz CT molecular complexity index is 906. The highest BCUT2D eigenvalue weighted by Crippen LogP contribution is 2.33. The number of hydrogen-bond donors (Lipinski definition) is 0. The van der Waals surface area contributed by atoms with Gasteiger partial charge in [0.25, 0.3) is 0 Å². The summed E-state index contributed by atoms with van der Waals surface area (Å²) < 4.78 is 44.0. The normalized spacial score (nSPS) is 18.1. The first-order chi connectivity index (χ1) is 13.0. The summed E-state index contributed by atoms with van der Waals surface area (Å²) in [5.41, 5.74) is 0. The van der Waals surface area contributed by atoms with Gasteiger partial charge in [-0.1, -0.05) is 11.6 Å². The van der Waals surface area contributed by atoms with E-state index in [-0.39, 0.29) is 23.3 Å². The van der Waals surface area contributed by atoms with Gasteiger partial charge in [0.15, 0.2) is 0 Å². The molecule has 2 aromatic rings. The zero-order valence-electron chi connectivity index (χ0n) is 15.1. The van der Waals surface area contributed by atoms with E-state index in [0.717, 1.165) is 6.42 Å². The topological polar surface area (TPSA) is 78.0 Å². The largest absolute Gasteiger partial charge is 0.497 e. The molecule has 3 rings (SSSR count). The zero-order chi connectivity index (χ0) is 19.4. The Hall–Kier alpha value is -2.03. The van der Waals surface area contributed by atoms with E-state index < -0.39 is 10.0 Å². The second-order valence-electron chi connectivity index (χ2n) is 6.07. The molecule has 9 heteroatoms. The third-order valence-corrected chi connectivity index (χ3v) is 6.55. The predicted molar refractivity (Wildman–Crippen MR) is 101 cm³/mol. The first kappa shape index (κ1) is 19.7. The van der Waals surface area contributed by atoms with Crippen molar-refractivity contribution in [2.45, 2.75) is 23.8 Å². The van der Waals surface area contributed by atoms with Gasteiger partial charge in [-0.2, -0.15) is 4.31 Å². The van der Waals surface area contributed by atoms with Crippen molar-refractivity contribution in [2.24, 2.45) is 0 Å². The minimum absolute atomic E-state index is 0.105. The Morgan fingerprint density at radius 2 is 2.00 bits per heavy atom. The van der Waals surface area contributed by atoms with E-state index >= 15 is 0 Å². The molecule has 1 atom stereocenters. The van der Waals surface area contributed by atoms with Crippen LogP contribution in [-0.4, -0.2) is 51.1 Å². The molecule has 1 aliphatic rings. The molecule has 0 spiro atoms. The maximum Gasteiger partial charge on any atom is 0.246 e. The summed E-state index contributed by atoms with van der Waals surface area (Å²) in [6.07, 6.45) is 4.21. The standard InChI is InChI=1S/C18H21ClN2O5S/c1-24-13-5-6-18(17(10-13)25-2)27(22,23)21-9-3-4-14(12-21)26-16-7-8-20-11-15(16)19/h5-8,10-11,14H,3-4,9,12H2,1-2H3. The van der Waals surface area contributed by atoms with Gasteiger partial charge in [0, 0.05) is 31.1 Å². The fourth-order valence-electron chi connectivity index (χ4n) is 2.98. The van der Waals surface area contributed by atoms with E-state index in [1.807, 2.05) is 0 Å². The smallest absolute Gasteiger partial charge is 0.246 e. The van der Waals surface area contributed by atoms with Gasteiger partial charge in [0.2, 0.25) is 10.0 Å². The molecule has 0 radical (unpaired) electrons. The summed E-state index contributed by atoms with van der Waals surface area (Å²) in [6.45, 7) is 0.650. The second-order valence-corrected chi connectivity index (χ2v) is 8.38. The summed E-state index contributed by atoms with van der Waals surface area (Å²) in [4.78, 5) is 4.03. The van der Waals surface area contributed by atoms with Crippen molar-refractivity contribution >= 4 is 21.6 Å². The number of sulfonamides is 1. The Morgan fingerprint density at radius 3 is 2.70 bits per heavy atom. The lowest BCUT2D eigenvalue weighted by atomic mass is 10.1. The van der Waals surface area contributed by atoms with Crippen molar-refractivity contribution in [1.82, 2.24) is 9.29 Å². The van der Waals surface area contributed by atoms with Crippen LogP contribution in [0, 0.1) is 0 Å². The molecule has 1 aromatic heterocycles. The molecule has 1 saturated heterocycles. The maximum atomic E-state index is 13.1. The molecule has 0 N–H and O–H groups in total. The van der Waals surface area contributed by atoms with Crippen molar-refractivity contribution in [3.05, 3.63) is 41.7 Å². The van der Waals surface area contributed by atoms with E-state index in [2.05, 4.69) is 4.98 Å². The van der Waals surface area contributed by atoms with Crippen LogP contribution in [0.5, 0.6) is 17.2 Å². The van der Waals surface area contributed by atoms with E-state index in [1.54, 1.807) is 24.4 Å². The lowest BCUT2D eigenvalue weighted by molar-refractivity contribution is 0.129. The van der Waals surface area contributed by atoms with Gasteiger partial charge in [0.05, 0.1) is 20.8 Å². The number of ether oxygens (including phenoxy) is 3. The van der Waals surface area contributed by atoms with E-state index in [0.29, 0.717) is 29.5 Å². The van der Waals surface area contributed by atoms with Crippen molar-refractivity contribution in [3.8, 4) is 17.2 Å². The number of rotatable bonds is 6. The molecule has 2 heterocycles. The van der Waals surface area contributed by atoms with Crippen LogP contribution in [0.25, 0.3) is 0 Å². The van der Waals surface area contributed by atoms with Gasteiger partial charge in [-0.05, 0) is 25.0 Å². The Labute approximate surface area is 163 Å². The minimum atomic E-state index is -3.74. The van der Waals surface area contributed by atoms with Crippen molar-refractivity contribution in [2.75, 3.05) is 27.3 Å².